The third-order valence-electron chi connectivity index (χ3n) is 2.95. The molecule has 1 amide bonds. The maximum Gasteiger partial charge on any atom is 0.303 e. The summed E-state index contributed by atoms with van der Waals surface area (Å²) < 4.78 is 0. The number of carbonyl (C=O) groups is 2. The van der Waals surface area contributed by atoms with E-state index in [0.717, 1.165) is 6.42 Å². The quantitative estimate of drug-likeness (QED) is 0.793. The van der Waals surface area contributed by atoms with Gasteiger partial charge in [-0.3, -0.25) is 9.59 Å². The van der Waals surface area contributed by atoms with E-state index in [9.17, 15) is 9.59 Å². The fourth-order valence-corrected chi connectivity index (χ4v) is 1.72. The van der Waals surface area contributed by atoms with E-state index < -0.39 is 5.97 Å². The average Bonchev–Trinajstić information content (AvgIpc) is 2.37. The van der Waals surface area contributed by atoms with Gasteiger partial charge in [0.15, 0.2) is 0 Å². The molecule has 1 aromatic rings. The molecular weight excluding hydrogens is 242 g/mol. The molecule has 0 aliphatic rings. The van der Waals surface area contributed by atoms with Crippen molar-refractivity contribution in [2.75, 3.05) is 6.54 Å². The van der Waals surface area contributed by atoms with Crippen LogP contribution in [0.2, 0.25) is 0 Å². The van der Waals surface area contributed by atoms with E-state index in [0.29, 0.717) is 12.5 Å². The van der Waals surface area contributed by atoms with Crippen LogP contribution in [0.4, 0.5) is 0 Å². The predicted octanol–water partition coefficient (Wildman–Crippen LogP) is 2.33. The highest BCUT2D eigenvalue weighted by Gasteiger charge is 2.04. The zero-order valence-electron chi connectivity index (χ0n) is 11.5. The maximum absolute atomic E-state index is 11.3. The molecular formula is C15H21NO3. The third kappa shape index (κ3) is 6.04. The van der Waals surface area contributed by atoms with E-state index in [1.54, 1.807) is 0 Å². The summed E-state index contributed by atoms with van der Waals surface area (Å²) in [6.07, 6.45) is 0.688. The number of amides is 1. The van der Waals surface area contributed by atoms with Gasteiger partial charge in [-0.25, -0.2) is 0 Å². The van der Waals surface area contributed by atoms with Gasteiger partial charge in [0, 0.05) is 13.0 Å². The lowest BCUT2D eigenvalue weighted by atomic mass is 10.0. The van der Waals surface area contributed by atoms with Crippen LogP contribution in [0.1, 0.15) is 43.7 Å². The summed E-state index contributed by atoms with van der Waals surface area (Å²) >= 11 is 0. The molecule has 0 radical (unpaired) electrons. The van der Waals surface area contributed by atoms with Crippen molar-refractivity contribution in [2.24, 2.45) is 0 Å². The SMILES string of the molecule is CC(C)c1ccc(CCNC(=O)CCC(=O)O)cc1. The van der Waals surface area contributed by atoms with Gasteiger partial charge in [0.25, 0.3) is 0 Å². The van der Waals surface area contributed by atoms with Gasteiger partial charge in [0.2, 0.25) is 5.91 Å². The van der Waals surface area contributed by atoms with Crippen LogP contribution in [-0.2, 0) is 16.0 Å². The van der Waals surface area contributed by atoms with Crippen LogP contribution >= 0.6 is 0 Å². The molecule has 19 heavy (non-hydrogen) atoms. The molecule has 4 heteroatoms. The van der Waals surface area contributed by atoms with Crippen molar-refractivity contribution in [2.45, 2.75) is 39.0 Å². The third-order valence-corrected chi connectivity index (χ3v) is 2.95. The van der Waals surface area contributed by atoms with Crippen molar-refractivity contribution in [3.05, 3.63) is 35.4 Å². The van der Waals surface area contributed by atoms with Gasteiger partial charge in [0.1, 0.15) is 0 Å². The normalized spacial score (nSPS) is 10.5. The Bertz CT molecular complexity index is 424. The molecule has 0 fully saturated rings. The summed E-state index contributed by atoms with van der Waals surface area (Å²) in [6, 6.07) is 8.34. The smallest absolute Gasteiger partial charge is 0.303 e. The first kappa shape index (κ1) is 15.2. The Morgan fingerprint density at radius 3 is 2.32 bits per heavy atom. The molecule has 0 unspecified atom stereocenters. The minimum absolute atomic E-state index is 0.0433. The van der Waals surface area contributed by atoms with Crippen LogP contribution in [0.25, 0.3) is 0 Å². The van der Waals surface area contributed by atoms with Crippen molar-refractivity contribution in [1.82, 2.24) is 5.32 Å². The molecule has 0 aliphatic heterocycles. The second kappa shape index (κ2) is 7.56. The van der Waals surface area contributed by atoms with E-state index in [-0.39, 0.29) is 18.7 Å². The van der Waals surface area contributed by atoms with Gasteiger partial charge >= 0.3 is 5.97 Å². The van der Waals surface area contributed by atoms with Gasteiger partial charge in [0.05, 0.1) is 6.42 Å². The zero-order valence-corrected chi connectivity index (χ0v) is 11.5. The highest BCUT2D eigenvalue weighted by Crippen LogP contribution is 2.14. The van der Waals surface area contributed by atoms with Crippen molar-refractivity contribution in [1.29, 1.82) is 0 Å². The van der Waals surface area contributed by atoms with Crippen LogP contribution < -0.4 is 5.32 Å². The summed E-state index contributed by atoms with van der Waals surface area (Å²) in [4.78, 5) is 21.6. The first-order valence-electron chi connectivity index (χ1n) is 6.56. The number of carboxylic acids is 1. The van der Waals surface area contributed by atoms with Gasteiger partial charge in [-0.05, 0) is 23.5 Å². The summed E-state index contributed by atoms with van der Waals surface area (Å²) in [5.74, 6) is -0.634. The molecule has 1 rings (SSSR count). The molecule has 104 valence electrons. The minimum Gasteiger partial charge on any atom is -0.481 e. The lowest BCUT2D eigenvalue weighted by molar-refractivity contribution is -0.138. The maximum atomic E-state index is 11.3. The molecule has 0 bridgehead atoms. The molecule has 2 N–H and O–H groups in total. The van der Waals surface area contributed by atoms with E-state index in [1.807, 2.05) is 0 Å². The molecule has 4 nitrogen and oxygen atoms in total. The van der Waals surface area contributed by atoms with Crippen LogP contribution in [0.5, 0.6) is 0 Å². The molecule has 0 atom stereocenters. The molecule has 0 saturated carbocycles. The highest BCUT2D eigenvalue weighted by molar-refractivity contribution is 5.80. The Morgan fingerprint density at radius 1 is 1.16 bits per heavy atom. The van der Waals surface area contributed by atoms with Crippen molar-refractivity contribution in [3.63, 3.8) is 0 Å². The van der Waals surface area contributed by atoms with Crippen molar-refractivity contribution in [3.8, 4) is 0 Å². The highest BCUT2D eigenvalue weighted by atomic mass is 16.4. The largest absolute Gasteiger partial charge is 0.481 e. The van der Waals surface area contributed by atoms with Gasteiger partial charge in [-0.1, -0.05) is 38.1 Å². The molecule has 0 aromatic heterocycles. The van der Waals surface area contributed by atoms with Crippen molar-refractivity contribution >= 4 is 11.9 Å². The van der Waals surface area contributed by atoms with Crippen LogP contribution in [0.3, 0.4) is 0 Å². The average molecular weight is 263 g/mol. The van der Waals surface area contributed by atoms with E-state index in [2.05, 4.69) is 43.4 Å². The monoisotopic (exact) mass is 263 g/mol. The molecule has 1 aromatic carbocycles. The summed E-state index contributed by atoms with van der Waals surface area (Å²) in [7, 11) is 0. The molecule has 0 heterocycles. The number of benzene rings is 1. The van der Waals surface area contributed by atoms with Crippen LogP contribution in [-0.4, -0.2) is 23.5 Å². The fraction of sp³-hybridized carbons (Fsp3) is 0.467. The Hall–Kier alpha value is -1.84. The number of carbonyl (C=O) groups excluding carboxylic acids is 1. The number of carboxylic acid groups (broad SMARTS) is 1. The first-order chi connectivity index (χ1) is 8.99. The van der Waals surface area contributed by atoms with Crippen LogP contribution in [0, 0.1) is 0 Å². The summed E-state index contributed by atoms with van der Waals surface area (Å²) in [5, 5.41) is 11.2. The number of aliphatic carboxylic acids is 1. The van der Waals surface area contributed by atoms with E-state index >= 15 is 0 Å². The molecule has 0 aliphatic carbocycles. The zero-order chi connectivity index (χ0) is 14.3. The van der Waals surface area contributed by atoms with Gasteiger partial charge in [-0.2, -0.15) is 0 Å². The summed E-state index contributed by atoms with van der Waals surface area (Å²) in [6.45, 7) is 4.84. The van der Waals surface area contributed by atoms with E-state index in [1.165, 1.54) is 11.1 Å². The fourth-order valence-electron chi connectivity index (χ4n) is 1.72. The number of rotatable bonds is 7. The number of hydrogen-bond donors (Lipinski definition) is 2. The number of hydrogen-bond acceptors (Lipinski definition) is 2. The second-order valence-electron chi connectivity index (χ2n) is 4.89. The standard InChI is InChI=1S/C15H21NO3/c1-11(2)13-5-3-12(4-6-13)9-10-16-14(17)7-8-15(18)19/h3-6,11H,7-10H2,1-2H3,(H,16,17)(H,18,19). The minimum atomic E-state index is -0.945. The van der Waals surface area contributed by atoms with Crippen molar-refractivity contribution < 1.29 is 14.7 Å². The Morgan fingerprint density at radius 2 is 1.79 bits per heavy atom. The second-order valence-corrected chi connectivity index (χ2v) is 4.89. The van der Waals surface area contributed by atoms with Gasteiger partial charge < -0.3 is 10.4 Å². The lowest BCUT2D eigenvalue weighted by Gasteiger charge is -2.07. The first-order valence-corrected chi connectivity index (χ1v) is 6.56. The molecule has 0 spiro atoms. The lowest BCUT2D eigenvalue weighted by Crippen LogP contribution is -2.26. The van der Waals surface area contributed by atoms with E-state index in [4.69, 9.17) is 5.11 Å². The van der Waals surface area contributed by atoms with Gasteiger partial charge in [-0.15, -0.1) is 0 Å². The Labute approximate surface area is 113 Å². The number of nitrogens with one attached hydrogen (secondary N) is 1. The Kier molecular flexibility index (Phi) is 6.06. The predicted molar refractivity (Wildman–Crippen MR) is 74.1 cm³/mol. The summed E-state index contributed by atoms with van der Waals surface area (Å²) in [5.41, 5.74) is 2.47. The topological polar surface area (TPSA) is 66.4 Å². The molecule has 0 saturated heterocycles. The van der Waals surface area contributed by atoms with Crippen LogP contribution in [0.15, 0.2) is 24.3 Å². The Balaban J connectivity index is 2.29.